The minimum atomic E-state index is -4.46. The lowest BCUT2D eigenvalue weighted by Crippen LogP contribution is -2.29. The molecule has 0 spiro atoms. The van der Waals surface area contributed by atoms with E-state index in [-0.39, 0.29) is 17.4 Å². The molecule has 1 saturated heterocycles. The second kappa shape index (κ2) is 5.22. The summed E-state index contributed by atoms with van der Waals surface area (Å²) in [5, 5.41) is 11.6. The SMILES string of the molecule is CC1CCCN1c1ccc(C(F)(F)F)cc1/C(N)=N/O. The van der Waals surface area contributed by atoms with Crippen LogP contribution in [0.4, 0.5) is 18.9 Å². The number of nitrogens with zero attached hydrogens (tertiary/aromatic N) is 2. The molecule has 1 aromatic rings. The molecule has 1 unspecified atom stereocenters. The Morgan fingerprint density at radius 2 is 2.15 bits per heavy atom. The first-order valence-corrected chi connectivity index (χ1v) is 6.30. The molecule has 0 aliphatic carbocycles. The molecule has 3 N–H and O–H groups in total. The van der Waals surface area contributed by atoms with Crippen LogP contribution in [0.1, 0.15) is 30.9 Å². The van der Waals surface area contributed by atoms with Crippen molar-refractivity contribution < 1.29 is 18.4 Å². The molecule has 1 aliphatic rings. The summed E-state index contributed by atoms with van der Waals surface area (Å²) in [7, 11) is 0. The van der Waals surface area contributed by atoms with Gasteiger partial charge in [-0.05, 0) is 38.0 Å². The second-order valence-corrected chi connectivity index (χ2v) is 4.90. The van der Waals surface area contributed by atoms with Gasteiger partial charge in [0.25, 0.3) is 0 Å². The number of hydrogen-bond donors (Lipinski definition) is 2. The number of hydrogen-bond acceptors (Lipinski definition) is 3. The normalized spacial score (nSPS) is 20.5. The van der Waals surface area contributed by atoms with Crippen LogP contribution in [0.15, 0.2) is 23.4 Å². The van der Waals surface area contributed by atoms with Gasteiger partial charge in [0.2, 0.25) is 0 Å². The predicted octanol–water partition coefficient (Wildman–Crippen LogP) is 2.79. The highest BCUT2D eigenvalue weighted by Gasteiger charge is 2.32. The number of rotatable bonds is 2. The van der Waals surface area contributed by atoms with E-state index in [4.69, 9.17) is 10.9 Å². The predicted molar refractivity (Wildman–Crippen MR) is 70.0 cm³/mol. The molecule has 4 nitrogen and oxygen atoms in total. The summed E-state index contributed by atoms with van der Waals surface area (Å²) in [6.45, 7) is 2.75. The third-order valence-electron chi connectivity index (χ3n) is 3.57. The van der Waals surface area contributed by atoms with Crippen molar-refractivity contribution in [2.45, 2.75) is 32.0 Å². The number of anilines is 1. The summed E-state index contributed by atoms with van der Waals surface area (Å²) in [6, 6.07) is 3.55. The second-order valence-electron chi connectivity index (χ2n) is 4.90. The number of amidine groups is 1. The van der Waals surface area contributed by atoms with Crippen LogP contribution in [0, 0.1) is 0 Å². The van der Waals surface area contributed by atoms with Gasteiger partial charge in [-0.2, -0.15) is 13.2 Å². The quantitative estimate of drug-likeness (QED) is 0.380. The molecule has 1 fully saturated rings. The molecule has 2 rings (SSSR count). The Morgan fingerprint density at radius 1 is 1.45 bits per heavy atom. The summed E-state index contributed by atoms with van der Waals surface area (Å²) < 4.78 is 38.3. The Kier molecular flexibility index (Phi) is 3.78. The average molecular weight is 287 g/mol. The zero-order chi connectivity index (χ0) is 14.9. The Balaban J connectivity index is 2.51. The van der Waals surface area contributed by atoms with Crippen molar-refractivity contribution in [1.82, 2.24) is 0 Å². The maximum Gasteiger partial charge on any atom is 0.416 e. The third-order valence-corrected chi connectivity index (χ3v) is 3.57. The number of halogens is 3. The fourth-order valence-corrected chi connectivity index (χ4v) is 2.51. The maximum atomic E-state index is 12.8. The standard InChI is InChI=1S/C13H16F3N3O/c1-8-3-2-6-19(8)11-5-4-9(13(14,15)16)7-10(11)12(17)18-20/h4-5,7-8,20H,2-3,6H2,1H3,(H2,17,18). The van der Waals surface area contributed by atoms with E-state index in [1.165, 1.54) is 6.07 Å². The van der Waals surface area contributed by atoms with Gasteiger partial charge in [0.15, 0.2) is 5.84 Å². The topological polar surface area (TPSA) is 61.8 Å². The van der Waals surface area contributed by atoms with E-state index in [1.807, 2.05) is 11.8 Å². The molecule has 1 aliphatic heterocycles. The van der Waals surface area contributed by atoms with E-state index in [0.717, 1.165) is 31.5 Å². The zero-order valence-corrected chi connectivity index (χ0v) is 11.0. The van der Waals surface area contributed by atoms with Crippen molar-refractivity contribution in [3.8, 4) is 0 Å². The molecule has 0 aromatic heterocycles. The van der Waals surface area contributed by atoms with Gasteiger partial charge in [-0.25, -0.2) is 0 Å². The minimum absolute atomic E-state index is 0.107. The smallest absolute Gasteiger partial charge is 0.409 e. The highest BCUT2D eigenvalue weighted by Crippen LogP contribution is 2.35. The molecule has 1 aromatic carbocycles. The van der Waals surface area contributed by atoms with Gasteiger partial charge in [-0.1, -0.05) is 5.16 Å². The van der Waals surface area contributed by atoms with E-state index >= 15 is 0 Å². The van der Waals surface area contributed by atoms with Crippen LogP contribution in [0.3, 0.4) is 0 Å². The Labute approximate surface area is 114 Å². The zero-order valence-electron chi connectivity index (χ0n) is 11.0. The lowest BCUT2D eigenvalue weighted by molar-refractivity contribution is -0.137. The largest absolute Gasteiger partial charge is 0.416 e. The van der Waals surface area contributed by atoms with E-state index in [0.29, 0.717) is 5.69 Å². The van der Waals surface area contributed by atoms with Crippen LogP contribution < -0.4 is 10.6 Å². The first-order chi connectivity index (χ1) is 9.34. The highest BCUT2D eigenvalue weighted by molar-refractivity contribution is 6.02. The van der Waals surface area contributed by atoms with E-state index in [1.54, 1.807) is 0 Å². The summed E-state index contributed by atoms with van der Waals surface area (Å²) in [4.78, 5) is 1.98. The molecule has 110 valence electrons. The van der Waals surface area contributed by atoms with Crippen molar-refractivity contribution >= 4 is 11.5 Å². The molecule has 0 amide bonds. The van der Waals surface area contributed by atoms with Crippen LogP contribution in [-0.4, -0.2) is 23.6 Å². The fourth-order valence-electron chi connectivity index (χ4n) is 2.51. The first-order valence-electron chi connectivity index (χ1n) is 6.30. The Morgan fingerprint density at radius 3 is 2.65 bits per heavy atom. The summed E-state index contributed by atoms with van der Waals surface area (Å²) in [6.07, 6.45) is -2.52. The van der Waals surface area contributed by atoms with E-state index in [9.17, 15) is 13.2 Å². The van der Waals surface area contributed by atoms with E-state index < -0.39 is 11.7 Å². The lowest BCUT2D eigenvalue weighted by atomic mass is 10.1. The van der Waals surface area contributed by atoms with Crippen molar-refractivity contribution in [1.29, 1.82) is 0 Å². The van der Waals surface area contributed by atoms with Gasteiger partial charge < -0.3 is 15.8 Å². The van der Waals surface area contributed by atoms with E-state index in [2.05, 4.69) is 5.16 Å². The molecule has 1 heterocycles. The van der Waals surface area contributed by atoms with Crippen molar-refractivity contribution in [2.75, 3.05) is 11.4 Å². The van der Waals surface area contributed by atoms with Gasteiger partial charge in [0.1, 0.15) is 0 Å². The number of alkyl halides is 3. The maximum absolute atomic E-state index is 12.8. The average Bonchev–Trinajstić information content (AvgIpc) is 2.82. The summed E-state index contributed by atoms with van der Waals surface area (Å²) >= 11 is 0. The fraction of sp³-hybridized carbons (Fsp3) is 0.462. The van der Waals surface area contributed by atoms with Gasteiger partial charge in [-0.15, -0.1) is 0 Å². The molecule has 0 radical (unpaired) electrons. The van der Waals surface area contributed by atoms with Crippen LogP contribution >= 0.6 is 0 Å². The minimum Gasteiger partial charge on any atom is -0.409 e. The Bertz CT molecular complexity index is 528. The van der Waals surface area contributed by atoms with Crippen LogP contribution in [0.25, 0.3) is 0 Å². The molecule has 7 heteroatoms. The van der Waals surface area contributed by atoms with Gasteiger partial charge >= 0.3 is 6.18 Å². The van der Waals surface area contributed by atoms with Gasteiger partial charge in [0, 0.05) is 23.8 Å². The highest BCUT2D eigenvalue weighted by atomic mass is 19.4. The molecule has 1 atom stereocenters. The summed E-state index contributed by atoms with van der Waals surface area (Å²) in [5.74, 6) is -0.315. The van der Waals surface area contributed by atoms with Crippen LogP contribution in [0.2, 0.25) is 0 Å². The van der Waals surface area contributed by atoms with Gasteiger partial charge in [0.05, 0.1) is 5.56 Å². The van der Waals surface area contributed by atoms with Crippen LogP contribution in [-0.2, 0) is 6.18 Å². The lowest BCUT2D eigenvalue weighted by Gasteiger charge is -2.26. The van der Waals surface area contributed by atoms with Crippen molar-refractivity contribution in [2.24, 2.45) is 10.9 Å². The summed E-state index contributed by atoms with van der Waals surface area (Å²) in [5.41, 5.74) is 5.39. The first kappa shape index (κ1) is 14.5. The number of benzene rings is 1. The van der Waals surface area contributed by atoms with Gasteiger partial charge in [-0.3, -0.25) is 0 Å². The van der Waals surface area contributed by atoms with Crippen molar-refractivity contribution in [3.05, 3.63) is 29.3 Å². The van der Waals surface area contributed by atoms with Crippen molar-refractivity contribution in [3.63, 3.8) is 0 Å². The molecular formula is C13H16F3N3O. The Hall–Kier alpha value is -1.92. The molecule has 0 bridgehead atoms. The number of oxime groups is 1. The molecular weight excluding hydrogens is 271 g/mol. The molecule has 20 heavy (non-hydrogen) atoms. The van der Waals surface area contributed by atoms with Crippen LogP contribution in [0.5, 0.6) is 0 Å². The monoisotopic (exact) mass is 287 g/mol. The number of nitrogens with two attached hydrogens (primary N) is 1. The molecule has 0 saturated carbocycles. The third kappa shape index (κ3) is 2.66.